The molecule has 1 aliphatic heterocycles. The zero-order valence-corrected chi connectivity index (χ0v) is 12.7. The molecule has 2 aromatic rings. The molecule has 0 aliphatic carbocycles. The van der Waals surface area contributed by atoms with Gasteiger partial charge in [0, 0.05) is 24.2 Å². The third kappa shape index (κ3) is 2.68. The number of aromatic nitrogens is 1. The van der Waals surface area contributed by atoms with Crippen LogP contribution in [0.4, 0.5) is 5.82 Å². The summed E-state index contributed by atoms with van der Waals surface area (Å²) >= 11 is 0. The topological polar surface area (TPSA) is 51.4 Å². The van der Waals surface area contributed by atoms with Crippen molar-refractivity contribution in [3.8, 4) is 5.75 Å². The standard InChI is InChI=1S/C17H23N3O/c1-12-3-4-13(10-18)11-20(12)17-16-9-15(21-2)6-5-14(16)7-8-19-17/h5-9,12-13H,3-4,10-11,18H2,1-2H3. The van der Waals surface area contributed by atoms with Crippen LogP contribution in [0.25, 0.3) is 10.8 Å². The number of hydrogen-bond acceptors (Lipinski definition) is 4. The van der Waals surface area contributed by atoms with E-state index < -0.39 is 0 Å². The lowest BCUT2D eigenvalue weighted by molar-refractivity contribution is 0.372. The maximum Gasteiger partial charge on any atom is 0.136 e. The van der Waals surface area contributed by atoms with Gasteiger partial charge in [-0.25, -0.2) is 4.98 Å². The van der Waals surface area contributed by atoms with Gasteiger partial charge in [-0.2, -0.15) is 0 Å². The van der Waals surface area contributed by atoms with Crippen molar-refractivity contribution in [1.29, 1.82) is 0 Å². The SMILES string of the molecule is COc1ccc2ccnc(N3CC(CN)CCC3C)c2c1. The molecule has 21 heavy (non-hydrogen) atoms. The van der Waals surface area contributed by atoms with E-state index in [4.69, 9.17) is 10.5 Å². The normalized spacial score (nSPS) is 22.5. The summed E-state index contributed by atoms with van der Waals surface area (Å²) in [7, 11) is 1.70. The lowest BCUT2D eigenvalue weighted by Gasteiger charge is -2.39. The van der Waals surface area contributed by atoms with Crippen LogP contribution in [-0.2, 0) is 0 Å². The second-order valence-corrected chi connectivity index (χ2v) is 5.90. The van der Waals surface area contributed by atoms with Gasteiger partial charge in [0.2, 0.25) is 0 Å². The van der Waals surface area contributed by atoms with Crippen molar-refractivity contribution in [3.05, 3.63) is 30.5 Å². The first-order valence-corrected chi connectivity index (χ1v) is 7.62. The number of rotatable bonds is 3. The molecule has 2 atom stereocenters. The van der Waals surface area contributed by atoms with Gasteiger partial charge >= 0.3 is 0 Å². The minimum absolute atomic E-state index is 0.497. The zero-order chi connectivity index (χ0) is 14.8. The average molecular weight is 285 g/mol. The number of nitrogens with zero attached hydrogens (tertiary/aromatic N) is 2. The molecule has 4 heteroatoms. The number of anilines is 1. The molecule has 112 valence electrons. The zero-order valence-electron chi connectivity index (χ0n) is 12.7. The maximum atomic E-state index is 5.88. The quantitative estimate of drug-likeness (QED) is 0.942. The van der Waals surface area contributed by atoms with E-state index in [2.05, 4.69) is 28.9 Å². The van der Waals surface area contributed by atoms with E-state index in [0.29, 0.717) is 12.0 Å². The molecule has 4 nitrogen and oxygen atoms in total. The summed E-state index contributed by atoms with van der Waals surface area (Å²) in [5, 5.41) is 2.35. The molecule has 0 bridgehead atoms. The molecule has 1 fully saturated rings. The van der Waals surface area contributed by atoms with Gasteiger partial charge in [-0.15, -0.1) is 0 Å². The first kappa shape index (κ1) is 14.1. The van der Waals surface area contributed by atoms with E-state index in [1.165, 1.54) is 18.2 Å². The molecule has 1 aliphatic rings. The molecule has 0 amide bonds. The monoisotopic (exact) mass is 285 g/mol. The molecular weight excluding hydrogens is 262 g/mol. The molecule has 0 radical (unpaired) electrons. The molecule has 1 aromatic heterocycles. The van der Waals surface area contributed by atoms with Crippen LogP contribution in [-0.4, -0.2) is 31.2 Å². The van der Waals surface area contributed by atoms with Crippen LogP contribution < -0.4 is 15.4 Å². The Balaban J connectivity index is 2.05. The minimum atomic E-state index is 0.497. The van der Waals surface area contributed by atoms with Crippen LogP contribution in [0.2, 0.25) is 0 Å². The van der Waals surface area contributed by atoms with E-state index in [1.54, 1.807) is 7.11 Å². The molecule has 0 saturated carbocycles. The molecule has 1 saturated heterocycles. The molecule has 0 spiro atoms. The van der Waals surface area contributed by atoms with Crippen molar-refractivity contribution in [3.63, 3.8) is 0 Å². The van der Waals surface area contributed by atoms with Crippen LogP contribution in [0.15, 0.2) is 30.5 Å². The van der Waals surface area contributed by atoms with E-state index in [1.807, 2.05) is 18.3 Å². The molecule has 3 rings (SSSR count). The summed E-state index contributed by atoms with van der Waals surface area (Å²) in [6.07, 6.45) is 4.27. The summed E-state index contributed by atoms with van der Waals surface area (Å²) in [6, 6.07) is 8.71. The van der Waals surface area contributed by atoms with Crippen molar-refractivity contribution < 1.29 is 4.74 Å². The van der Waals surface area contributed by atoms with Crippen molar-refractivity contribution >= 4 is 16.6 Å². The summed E-state index contributed by atoms with van der Waals surface area (Å²) in [6.45, 7) is 4.01. The summed E-state index contributed by atoms with van der Waals surface area (Å²) in [4.78, 5) is 7.06. The predicted molar refractivity (Wildman–Crippen MR) is 86.9 cm³/mol. The van der Waals surface area contributed by atoms with Crippen LogP contribution in [0.1, 0.15) is 19.8 Å². The van der Waals surface area contributed by atoms with E-state index in [9.17, 15) is 0 Å². The highest BCUT2D eigenvalue weighted by Crippen LogP contribution is 2.32. The Hall–Kier alpha value is -1.81. The summed E-state index contributed by atoms with van der Waals surface area (Å²) in [5.74, 6) is 2.48. The minimum Gasteiger partial charge on any atom is -0.497 e. The fourth-order valence-electron chi connectivity index (χ4n) is 3.16. The van der Waals surface area contributed by atoms with Gasteiger partial charge in [-0.05, 0) is 55.8 Å². The lowest BCUT2D eigenvalue weighted by atomic mass is 9.93. The van der Waals surface area contributed by atoms with Gasteiger partial charge < -0.3 is 15.4 Å². The third-order valence-corrected chi connectivity index (χ3v) is 4.54. The number of piperidine rings is 1. The van der Waals surface area contributed by atoms with Crippen LogP contribution in [0.5, 0.6) is 5.75 Å². The van der Waals surface area contributed by atoms with Crippen molar-refractivity contribution in [1.82, 2.24) is 4.98 Å². The average Bonchev–Trinajstić information content (AvgIpc) is 2.54. The van der Waals surface area contributed by atoms with Crippen LogP contribution >= 0.6 is 0 Å². The Morgan fingerprint density at radius 3 is 2.95 bits per heavy atom. The second kappa shape index (κ2) is 5.90. The summed E-state index contributed by atoms with van der Waals surface area (Å²) in [5.41, 5.74) is 5.88. The van der Waals surface area contributed by atoms with Gasteiger partial charge in [-0.3, -0.25) is 0 Å². The van der Waals surface area contributed by atoms with E-state index in [-0.39, 0.29) is 0 Å². The Labute approximate surface area is 125 Å². The predicted octanol–water partition coefficient (Wildman–Crippen LogP) is 2.81. The number of ether oxygens (including phenoxy) is 1. The van der Waals surface area contributed by atoms with Gasteiger partial charge in [0.15, 0.2) is 0 Å². The smallest absolute Gasteiger partial charge is 0.136 e. The van der Waals surface area contributed by atoms with E-state index >= 15 is 0 Å². The first-order valence-electron chi connectivity index (χ1n) is 7.62. The number of nitrogens with two attached hydrogens (primary N) is 1. The van der Waals surface area contributed by atoms with Gasteiger partial charge in [-0.1, -0.05) is 6.07 Å². The van der Waals surface area contributed by atoms with E-state index in [0.717, 1.165) is 30.0 Å². The highest BCUT2D eigenvalue weighted by molar-refractivity contribution is 5.93. The first-order chi connectivity index (χ1) is 10.2. The van der Waals surface area contributed by atoms with Gasteiger partial charge in [0.1, 0.15) is 11.6 Å². The molecule has 2 unspecified atom stereocenters. The second-order valence-electron chi connectivity index (χ2n) is 5.90. The largest absolute Gasteiger partial charge is 0.497 e. The molecule has 1 aromatic carbocycles. The molecule has 2 N–H and O–H groups in total. The van der Waals surface area contributed by atoms with Crippen molar-refractivity contribution in [2.24, 2.45) is 11.7 Å². The van der Waals surface area contributed by atoms with Gasteiger partial charge in [0.05, 0.1) is 7.11 Å². The van der Waals surface area contributed by atoms with Crippen LogP contribution in [0, 0.1) is 5.92 Å². The molecule has 2 heterocycles. The Bertz CT molecular complexity index is 628. The van der Waals surface area contributed by atoms with Crippen molar-refractivity contribution in [2.75, 3.05) is 25.1 Å². The highest BCUT2D eigenvalue weighted by atomic mass is 16.5. The number of fused-ring (bicyclic) bond motifs is 1. The maximum absolute atomic E-state index is 5.88. The Morgan fingerprint density at radius 1 is 1.33 bits per heavy atom. The van der Waals surface area contributed by atoms with Gasteiger partial charge in [0.25, 0.3) is 0 Å². The fourth-order valence-corrected chi connectivity index (χ4v) is 3.16. The van der Waals surface area contributed by atoms with Crippen LogP contribution in [0.3, 0.4) is 0 Å². The summed E-state index contributed by atoms with van der Waals surface area (Å²) < 4.78 is 5.37. The Kier molecular flexibility index (Phi) is 3.97. The third-order valence-electron chi connectivity index (χ3n) is 4.54. The molecular formula is C17H23N3O. The highest BCUT2D eigenvalue weighted by Gasteiger charge is 2.26. The lowest BCUT2D eigenvalue weighted by Crippen LogP contribution is -2.44. The fraction of sp³-hybridized carbons (Fsp3) is 0.471. The Morgan fingerprint density at radius 2 is 2.19 bits per heavy atom. The number of hydrogen-bond donors (Lipinski definition) is 1. The number of benzene rings is 1. The van der Waals surface area contributed by atoms with Crippen molar-refractivity contribution in [2.45, 2.75) is 25.8 Å². The number of pyridine rings is 1. The number of methoxy groups -OCH3 is 1.